The molecular weight excluding hydrogens is 392 g/mol. The van der Waals surface area contributed by atoms with Crippen LogP contribution in [-0.4, -0.2) is 41.1 Å². The van der Waals surface area contributed by atoms with Crippen LogP contribution in [0.25, 0.3) is 11.4 Å². The summed E-state index contributed by atoms with van der Waals surface area (Å²) < 4.78 is 10.9. The van der Waals surface area contributed by atoms with Crippen LogP contribution in [0.1, 0.15) is 29.9 Å². The van der Waals surface area contributed by atoms with Crippen LogP contribution >= 0.6 is 0 Å². The van der Waals surface area contributed by atoms with Gasteiger partial charge in [0.2, 0.25) is 17.6 Å². The topological polar surface area (TPSA) is 80.5 Å². The third-order valence-corrected chi connectivity index (χ3v) is 5.59. The Hall–Kier alpha value is -3.19. The maximum absolute atomic E-state index is 12.9. The number of rotatable bonds is 6. The molecule has 1 saturated heterocycles. The molecule has 31 heavy (non-hydrogen) atoms. The van der Waals surface area contributed by atoms with Crippen molar-refractivity contribution in [3.05, 3.63) is 59.5 Å². The number of methoxy groups -OCH3 is 1. The van der Waals surface area contributed by atoms with Crippen molar-refractivity contribution in [3.63, 3.8) is 0 Å². The van der Waals surface area contributed by atoms with Gasteiger partial charge in [-0.05, 0) is 57.0 Å². The Labute approximate surface area is 182 Å². The van der Waals surface area contributed by atoms with E-state index in [0.29, 0.717) is 36.2 Å². The van der Waals surface area contributed by atoms with Gasteiger partial charge in [0.05, 0.1) is 25.3 Å². The molecule has 1 aliphatic heterocycles. The number of aromatic nitrogens is 2. The van der Waals surface area contributed by atoms with Gasteiger partial charge in [-0.3, -0.25) is 9.69 Å². The molecular formula is C24H28N4O3. The van der Waals surface area contributed by atoms with Gasteiger partial charge < -0.3 is 14.6 Å². The second-order valence-corrected chi connectivity index (χ2v) is 8.15. The average Bonchev–Trinajstić information content (AvgIpc) is 3.22. The molecule has 1 N–H and O–H groups in total. The lowest BCUT2D eigenvalue weighted by Crippen LogP contribution is -2.40. The molecule has 0 bridgehead atoms. The molecule has 7 heteroatoms. The Morgan fingerprint density at radius 3 is 2.87 bits per heavy atom. The Morgan fingerprint density at radius 2 is 2.06 bits per heavy atom. The van der Waals surface area contributed by atoms with Crippen molar-refractivity contribution in [1.29, 1.82) is 0 Å². The number of aryl methyl sites for hydroxylation is 2. The minimum Gasteiger partial charge on any atom is -0.495 e. The molecule has 4 rings (SSSR count). The summed E-state index contributed by atoms with van der Waals surface area (Å²) in [5, 5.41) is 7.17. The van der Waals surface area contributed by atoms with Crippen LogP contribution in [0.3, 0.4) is 0 Å². The van der Waals surface area contributed by atoms with Gasteiger partial charge in [0.1, 0.15) is 5.75 Å². The third kappa shape index (κ3) is 5.11. The number of nitrogens with zero attached hydrogens (tertiary/aromatic N) is 3. The molecule has 0 radical (unpaired) electrons. The summed E-state index contributed by atoms with van der Waals surface area (Å²) in [7, 11) is 1.61. The Kier molecular flexibility index (Phi) is 6.32. The maximum Gasteiger partial charge on any atom is 0.241 e. The van der Waals surface area contributed by atoms with Crippen molar-refractivity contribution in [2.75, 3.05) is 25.5 Å². The first kappa shape index (κ1) is 21.1. The number of likely N-dealkylation sites (tertiary alicyclic amines) is 1. The van der Waals surface area contributed by atoms with Gasteiger partial charge >= 0.3 is 0 Å². The minimum absolute atomic E-state index is 0.0135. The van der Waals surface area contributed by atoms with E-state index in [1.165, 1.54) is 0 Å². The van der Waals surface area contributed by atoms with E-state index in [0.717, 1.165) is 36.1 Å². The first-order chi connectivity index (χ1) is 15.0. The highest BCUT2D eigenvalue weighted by Crippen LogP contribution is 2.27. The van der Waals surface area contributed by atoms with Crippen LogP contribution < -0.4 is 10.1 Å². The number of piperidine rings is 1. The molecule has 1 fully saturated rings. The van der Waals surface area contributed by atoms with E-state index < -0.39 is 0 Å². The number of ether oxygens (including phenoxy) is 1. The van der Waals surface area contributed by atoms with E-state index in [9.17, 15) is 4.79 Å². The van der Waals surface area contributed by atoms with E-state index in [1.807, 2.05) is 56.3 Å². The second kappa shape index (κ2) is 9.31. The molecule has 1 amide bonds. The van der Waals surface area contributed by atoms with Crippen molar-refractivity contribution in [1.82, 2.24) is 15.0 Å². The number of nitrogens with one attached hydrogen (secondary N) is 1. The number of benzene rings is 2. The Morgan fingerprint density at radius 1 is 1.23 bits per heavy atom. The van der Waals surface area contributed by atoms with Crippen molar-refractivity contribution in [2.24, 2.45) is 5.92 Å². The zero-order chi connectivity index (χ0) is 21.8. The monoisotopic (exact) mass is 420 g/mol. The molecule has 1 aromatic heterocycles. The summed E-state index contributed by atoms with van der Waals surface area (Å²) in [5.74, 6) is 1.74. The smallest absolute Gasteiger partial charge is 0.241 e. The maximum atomic E-state index is 12.9. The number of amides is 1. The van der Waals surface area contributed by atoms with Gasteiger partial charge in [0, 0.05) is 12.1 Å². The molecule has 0 spiro atoms. The van der Waals surface area contributed by atoms with Crippen LogP contribution in [0.2, 0.25) is 0 Å². The predicted molar refractivity (Wildman–Crippen MR) is 119 cm³/mol. The van der Waals surface area contributed by atoms with Crippen LogP contribution in [0.5, 0.6) is 5.75 Å². The van der Waals surface area contributed by atoms with Gasteiger partial charge in [-0.1, -0.05) is 35.0 Å². The number of anilines is 1. The largest absolute Gasteiger partial charge is 0.495 e. The molecule has 1 atom stereocenters. The summed E-state index contributed by atoms with van der Waals surface area (Å²) in [6, 6.07) is 13.8. The van der Waals surface area contributed by atoms with E-state index in [4.69, 9.17) is 9.26 Å². The van der Waals surface area contributed by atoms with Crippen molar-refractivity contribution < 1.29 is 14.1 Å². The average molecular weight is 421 g/mol. The van der Waals surface area contributed by atoms with Gasteiger partial charge in [-0.25, -0.2) is 0 Å². The highest BCUT2D eigenvalue weighted by molar-refractivity contribution is 5.94. The molecule has 1 aliphatic rings. The van der Waals surface area contributed by atoms with Gasteiger partial charge in [0.25, 0.3) is 0 Å². The molecule has 2 aromatic carbocycles. The van der Waals surface area contributed by atoms with E-state index in [-0.39, 0.29) is 11.8 Å². The van der Waals surface area contributed by atoms with Crippen LogP contribution in [0, 0.1) is 19.8 Å². The standard InChI is InChI=1S/C24H28N4O3/c1-16-6-4-7-18(12-16)23-26-22(31-27-23)15-28-11-5-8-19(14-28)24(29)25-20-13-17(2)9-10-21(20)30-3/h4,6-7,9-10,12-13,19H,5,8,11,14-15H2,1-3H3,(H,25,29). The third-order valence-electron chi connectivity index (χ3n) is 5.59. The Bertz CT molecular complexity index is 1060. The quantitative estimate of drug-likeness (QED) is 0.643. The summed E-state index contributed by atoms with van der Waals surface area (Å²) in [6.07, 6.45) is 1.80. The van der Waals surface area contributed by atoms with Gasteiger partial charge in [0.15, 0.2) is 0 Å². The Balaban J connectivity index is 1.39. The number of carbonyl (C=O) groups excluding carboxylic acids is 1. The molecule has 3 aromatic rings. The molecule has 0 aliphatic carbocycles. The second-order valence-electron chi connectivity index (χ2n) is 8.15. The lowest BCUT2D eigenvalue weighted by molar-refractivity contribution is -0.121. The van der Waals surface area contributed by atoms with Crippen molar-refractivity contribution >= 4 is 11.6 Å². The fourth-order valence-corrected chi connectivity index (χ4v) is 3.98. The summed E-state index contributed by atoms with van der Waals surface area (Å²) in [4.78, 5) is 19.7. The highest BCUT2D eigenvalue weighted by atomic mass is 16.5. The minimum atomic E-state index is -0.0990. The molecule has 7 nitrogen and oxygen atoms in total. The molecule has 0 saturated carbocycles. The zero-order valence-corrected chi connectivity index (χ0v) is 18.2. The summed E-state index contributed by atoms with van der Waals surface area (Å²) >= 11 is 0. The van der Waals surface area contributed by atoms with Gasteiger partial charge in [-0.15, -0.1) is 0 Å². The fraction of sp³-hybridized carbons (Fsp3) is 0.375. The SMILES string of the molecule is COc1ccc(C)cc1NC(=O)C1CCCN(Cc2nc(-c3cccc(C)c3)no2)C1. The summed E-state index contributed by atoms with van der Waals surface area (Å²) in [5.41, 5.74) is 3.88. The lowest BCUT2D eigenvalue weighted by Gasteiger charge is -2.31. The molecule has 162 valence electrons. The van der Waals surface area contributed by atoms with Crippen LogP contribution in [0.4, 0.5) is 5.69 Å². The zero-order valence-electron chi connectivity index (χ0n) is 18.2. The molecule has 1 unspecified atom stereocenters. The normalized spacial score (nSPS) is 16.8. The van der Waals surface area contributed by atoms with Crippen molar-refractivity contribution in [2.45, 2.75) is 33.2 Å². The fourth-order valence-electron chi connectivity index (χ4n) is 3.98. The number of hydrogen-bond acceptors (Lipinski definition) is 6. The highest BCUT2D eigenvalue weighted by Gasteiger charge is 2.27. The van der Waals surface area contributed by atoms with Crippen LogP contribution in [0.15, 0.2) is 47.0 Å². The molecule has 2 heterocycles. The lowest BCUT2D eigenvalue weighted by atomic mass is 9.97. The van der Waals surface area contributed by atoms with Crippen molar-refractivity contribution in [3.8, 4) is 17.1 Å². The van der Waals surface area contributed by atoms with E-state index in [2.05, 4.69) is 20.4 Å². The first-order valence-electron chi connectivity index (χ1n) is 10.6. The number of hydrogen-bond donors (Lipinski definition) is 1. The van der Waals surface area contributed by atoms with E-state index >= 15 is 0 Å². The first-order valence-corrected chi connectivity index (χ1v) is 10.6. The van der Waals surface area contributed by atoms with Crippen LogP contribution in [-0.2, 0) is 11.3 Å². The predicted octanol–water partition coefficient (Wildman–Crippen LogP) is 4.21. The number of carbonyl (C=O) groups is 1. The van der Waals surface area contributed by atoms with Gasteiger partial charge in [-0.2, -0.15) is 4.98 Å². The van der Waals surface area contributed by atoms with E-state index in [1.54, 1.807) is 7.11 Å². The summed E-state index contributed by atoms with van der Waals surface area (Å²) in [6.45, 7) is 6.13.